The number of rotatable bonds is 6. The molecule has 0 spiro atoms. The quantitative estimate of drug-likeness (QED) is 0.697. The Labute approximate surface area is 180 Å². The summed E-state index contributed by atoms with van der Waals surface area (Å²) in [5, 5.41) is 2.03. The Morgan fingerprint density at radius 1 is 1.13 bits per heavy atom. The van der Waals surface area contributed by atoms with E-state index in [4.69, 9.17) is 4.74 Å². The number of hydrogen-bond acceptors (Lipinski definition) is 4. The molecule has 2 aliphatic heterocycles. The van der Waals surface area contributed by atoms with Crippen LogP contribution in [0, 0.1) is 11.7 Å². The summed E-state index contributed by atoms with van der Waals surface area (Å²) in [4.78, 5) is 30.9. The maximum absolute atomic E-state index is 13.3. The normalized spacial score (nSPS) is 19.8. The monoisotopic (exact) mass is 430 g/mol. The Morgan fingerprint density at radius 3 is 2.53 bits per heavy atom. The molecule has 1 unspecified atom stereocenters. The van der Waals surface area contributed by atoms with Gasteiger partial charge in [-0.15, -0.1) is 11.3 Å². The zero-order valence-corrected chi connectivity index (χ0v) is 17.8. The van der Waals surface area contributed by atoms with Gasteiger partial charge in [-0.2, -0.15) is 0 Å². The Bertz CT molecular complexity index is 842. The number of likely N-dealkylation sites (tertiary alicyclic amines) is 1. The van der Waals surface area contributed by atoms with Crippen LogP contribution >= 0.6 is 11.3 Å². The molecule has 2 aromatic rings. The van der Waals surface area contributed by atoms with Gasteiger partial charge in [-0.1, -0.05) is 6.07 Å². The van der Waals surface area contributed by atoms with E-state index in [9.17, 15) is 14.0 Å². The maximum atomic E-state index is 13.3. The zero-order chi connectivity index (χ0) is 20.9. The van der Waals surface area contributed by atoms with E-state index in [1.165, 1.54) is 29.1 Å². The predicted molar refractivity (Wildman–Crippen MR) is 114 cm³/mol. The molecular formula is C23H27FN2O3S. The van der Waals surface area contributed by atoms with Gasteiger partial charge in [0.25, 0.3) is 5.91 Å². The second-order valence-corrected chi connectivity index (χ2v) is 9.04. The van der Waals surface area contributed by atoms with Crippen LogP contribution in [0.2, 0.25) is 0 Å². The van der Waals surface area contributed by atoms with Gasteiger partial charge in [-0.3, -0.25) is 9.59 Å². The minimum Gasteiger partial charge on any atom is -0.376 e. The summed E-state index contributed by atoms with van der Waals surface area (Å²) in [6, 6.07) is 9.70. The van der Waals surface area contributed by atoms with E-state index in [-0.39, 0.29) is 29.7 Å². The Kier molecular flexibility index (Phi) is 6.79. The largest absolute Gasteiger partial charge is 0.376 e. The van der Waals surface area contributed by atoms with Crippen molar-refractivity contribution in [3.63, 3.8) is 0 Å². The van der Waals surface area contributed by atoms with Crippen LogP contribution in [-0.4, -0.2) is 54.0 Å². The zero-order valence-electron chi connectivity index (χ0n) is 17.0. The number of thiophene rings is 1. The summed E-state index contributed by atoms with van der Waals surface area (Å²) in [6.07, 6.45) is 3.47. The molecule has 2 saturated heterocycles. The van der Waals surface area contributed by atoms with Crippen molar-refractivity contribution in [1.82, 2.24) is 9.80 Å². The van der Waals surface area contributed by atoms with E-state index in [1.807, 2.05) is 16.3 Å². The molecule has 7 heteroatoms. The standard InChI is InChI=1S/C23H27FN2O3S/c24-19-7-5-17(6-8-19)22(27)25-11-9-18(10-12-25)23(28)26(15-20-3-1-13-29-20)16-21-4-2-14-30-21/h2,4-8,14,18,20H,1,3,9-13,15-16H2. The molecule has 0 saturated carbocycles. The van der Waals surface area contributed by atoms with Crippen LogP contribution in [0.3, 0.4) is 0 Å². The number of nitrogens with zero attached hydrogens (tertiary/aromatic N) is 2. The van der Waals surface area contributed by atoms with E-state index in [0.717, 1.165) is 19.4 Å². The summed E-state index contributed by atoms with van der Waals surface area (Å²) in [7, 11) is 0. The van der Waals surface area contributed by atoms with E-state index in [1.54, 1.807) is 16.2 Å². The summed E-state index contributed by atoms with van der Waals surface area (Å²) >= 11 is 1.66. The summed E-state index contributed by atoms with van der Waals surface area (Å²) < 4.78 is 18.9. The minimum absolute atomic E-state index is 0.0800. The van der Waals surface area contributed by atoms with Crippen molar-refractivity contribution >= 4 is 23.2 Å². The number of ether oxygens (including phenoxy) is 1. The SMILES string of the molecule is O=C(c1ccc(F)cc1)N1CCC(C(=O)N(Cc2cccs2)CC2CCCO2)CC1. The molecule has 0 aliphatic carbocycles. The number of piperidine rings is 1. The molecular weight excluding hydrogens is 403 g/mol. The molecule has 0 N–H and O–H groups in total. The molecule has 1 aromatic heterocycles. The van der Waals surface area contributed by atoms with Crippen LogP contribution in [0.25, 0.3) is 0 Å². The first-order valence-electron chi connectivity index (χ1n) is 10.6. The topological polar surface area (TPSA) is 49.9 Å². The highest BCUT2D eigenvalue weighted by Gasteiger charge is 2.32. The second kappa shape index (κ2) is 9.71. The van der Waals surface area contributed by atoms with Crippen molar-refractivity contribution < 1.29 is 18.7 Å². The summed E-state index contributed by atoms with van der Waals surface area (Å²) in [6.45, 7) is 3.10. The first-order valence-corrected chi connectivity index (χ1v) is 11.5. The van der Waals surface area contributed by atoms with Crippen molar-refractivity contribution in [3.05, 3.63) is 58.0 Å². The van der Waals surface area contributed by atoms with E-state index < -0.39 is 0 Å². The van der Waals surface area contributed by atoms with Crippen LogP contribution < -0.4 is 0 Å². The van der Waals surface area contributed by atoms with Gasteiger partial charge in [0.2, 0.25) is 5.91 Å². The van der Waals surface area contributed by atoms with Gasteiger partial charge in [0.1, 0.15) is 5.82 Å². The smallest absolute Gasteiger partial charge is 0.253 e. The average molecular weight is 431 g/mol. The number of benzene rings is 1. The molecule has 3 heterocycles. The Hall–Kier alpha value is -2.25. The molecule has 5 nitrogen and oxygen atoms in total. The first kappa shape index (κ1) is 21.0. The molecule has 4 rings (SSSR count). The molecule has 160 valence electrons. The lowest BCUT2D eigenvalue weighted by molar-refractivity contribution is -0.139. The third-order valence-electron chi connectivity index (χ3n) is 5.91. The van der Waals surface area contributed by atoms with Crippen molar-refractivity contribution in [1.29, 1.82) is 0 Å². The van der Waals surface area contributed by atoms with Crippen LogP contribution in [0.1, 0.15) is 40.9 Å². The number of carbonyl (C=O) groups excluding carboxylic acids is 2. The molecule has 2 fully saturated rings. The Balaban J connectivity index is 1.36. The predicted octanol–water partition coefficient (Wildman–Crippen LogP) is 3.95. The third-order valence-corrected chi connectivity index (χ3v) is 6.77. The van der Waals surface area contributed by atoms with Gasteiger partial charge in [0.15, 0.2) is 0 Å². The third kappa shape index (κ3) is 5.08. The highest BCUT2D eigenvalue weighted by molar-refractivity contribution is 7.09. The van der Waals surface area contributed by atoms with Gasteiger partial charge in [-0.05, 0) is 61.4 Å². The van der Waals surface area contributed by atoms with E-state index >= 15 is 0 Å². The molecule has 1 atom stereocenters. The van der Waals surface area contributed by atoms with Crippen molar-refractivity contribution in [2.24, 2.45) is 5.92 Å². The van der Waals surface area contributed by atoms with Crippen molar-refractivity contribution in [3.8, 4) is 0 Å². The molecule has 0 radical (unpaired) electrons. The average Bonchev–Trinajstić information content (AvgIpc) is 3.47. The van der Waals surface area contributed by atoms with Crippen LogP contribution in [0.5, 0.6) is 0 Å². The Morgan fingerprint density at radius 2 is 1.90 bits per heavy atom. The fraction of sp³-hybridized carbons (Fsp3) is 0.478. The van der Waals surface area contributed by atoms with Gasteiger partial charge in [-0.25, -0.2) is 4.39 Å². The molecule has 2 amide bonds. The second-order valence-electron chi connectivity index (χ2n) is 8.01. The highest BCUT2D eigenvalue weighted by Crippen LogP contribution is 2.25. The number of amides is 2. The lowest BCUT2D eigenvalue weighted by atomic mass is 9.94. The van der Waals surface area contributed by atoms with Gasteiger partial charge in [0.05, 0.1) is 12.6 Å². The molecule has 1 aromatic carbocycles. The van der Waals surface area contributed by atoms with Gasteiger partial charge < -0.3 is 14.5 Å². The van der Waals surface area contributed by atoms with E-state index in [2.05, 4.69) is 6.07 Å². The lowest BCUT2D eigenvalue weighted by Gasteiger charge is -2.35. The number of carbonyl (C=O) groups is 2. The fourth-order valence-electron chi connectivity index (χ4n) is 4.22. The van der Waals surface area contributed by atoms with Crippen LogP contribution in [-0.2, 0) is 16.1 Å². The van der Waals surface area contributed by atoms with Gasteiger partial charge >= 0.3 is 0 Å². The van der Waals surface area contributed by atoms with Crippen molar-refractivity contribution in [2.45, 2.75) is 38.3 Å². The first-order chi connectivity index (χ1) is 14.6. The van der Waals surface area contributed by atoms with Gasteiger partial charge in [0, 0.05) is 42.6 Å². The van der Waals surface area contributed by atoms with E-state index in [0.29, 0.717) is 44.6 Å². The van der Waals surface area contributed by atoms with Crippen molar-refractivity contribution in [2.75, 3.05) is 26.2 Å². The minimum atomic E-state index is -0.354. The maximum Gasteiger partial charge on any atom is 0.253 e. The fourth-order valence-corrected chi connectivity index (χ4v) is 4.94. The number of halogens is 1. The summed E-state index contributed by atoms with van der Waals surface area (Å²) in [5.41, 5.74) is 0.485. The van der Waals surface area contributed by atoms with Crippen LogP contribution in [0.4, 0.5) is 4.39 Å². The van der Waals surface area contributed by atoms with Crippen LogP contribution in [0.15, 0.2) is 41.8 Å². The molecule has 2 aliphatic rings. The molecule has 30 heavy (non-hydrogen) atoms. The molecule has 0 bridgehead atoms. The number of hydrogen-bond donors (Lipinski definition) is 0. The summed E-state index contributed by atoms with van der Waals surface area (Å²) in [5.74, 6) is -0.375. The lowest BCUT2D eigenvalue weighted by Crippen LogP contribution is -2.45. The highest BCUT2D eigenvalue weighted by atomic mass is 32.1.